The zero-order chi connectivity index (χ0) is 19.9. The number of nitrogens with zero attached hydrogens (tertiary/aromatic N) is 3. The molecule has 1 aliphatic heterocycles. The Morgan fingerprint density at radius 2 is 1.83 bits per heavy atom. The highest BCUT2D eigenvalue weighted by Crippen LogP contribution is 2.20. The summed E-state index contributed by atoms with van der Waals surface area (Å²) in [5.74, 6) is 1.75. The van der Waals surface area contributed by atoms with Crippen molar-refractivity contribution < 1.29 is 4.74 Å². The van der Waals surface area contributed by atoms with Gasteiger partial charge in [0.15, 0.2) is 18.1 Å². The Kier molecular flexibility index (Phi) is 8.42. The highest BCUT2D eigenvalue weighted by molar-refractivity contribution is 6.30. The van der Waals surface area contributed by atoms with Gasteiger partial charge < -0.3 is 20.7 Å². The van der Waals surface area contributed by atoms with Crippen molar-refractivity contribution in [2.24, 2.45) is 15.7 Å². The standard InChI is InChI=1S/C20H25ClN6O.ClH/c1-27(2)16-8-4-14(5-9-16)18-24-19(22)26-20(25-18)23-12-3-13-28-17-10-6-15(21)7-11-17;/h4-11,18H,3,12-13H2,1-2H3,(H4,22,23,24,25,26);1H. The third kappa shape index (κ3) is 6.73. The minimum absolute atomic E-state index is 0. The van der Waals surface area contributed by atoms with Gasteiger partial charge in [-0.05, 0) is 42.0 Å². The summed E-state index contributed by atoms with van der Waals surface area (Å²) >= 11 is 5.86. The van der Waals surface area contributed by atoms with Gasteiger partial charge in [0.2, 0.25) is 0 Å². The van der Waals surface area contributed by atoms with Crippen LogP contribution in [-0.2, 0) is 0 Å². The molecule has 1 aliphatic rings. The maximum absolute atomic E-state index is 5.92. The van der Waals surface area contributed by atoms with Gasteiger partial charge in [-0.1, -0.05) is 23.7 Å². The summed E-state index contributed by atoms with van der Waals surface area (Å²) in [6.07, 6.45) is 0.510. The molecule has 0 bridgehead atoms. The first-order valence-corrected chi connectivity index (χ1v) is 9.46. The number of hydrogen-bond acceptors (Lipinski definition) is 5. The molecule has 4 N–H and O–H groups in total. The van der Waals surface area contributed by atoms with Crippen molar-refractivity contribution in [1.82, 2.24) is 10.6 Å². The summed E-state index contributed by atoms with van der Waals surface area (Å²) in [7, 11) is 4.02. The molecule has 1 heterocycles. The van der Waals surface area contributed by atoms with E-state index < -0.39 is 0 Å². The van der Waals surface area contributed by atoms with Crippen LogP contribution >= 0.6 is 24.0 Å². The van der Waals surface area contributed by atoms with Crippen LogP contribution in [0.2, 0.25) is 5.02 Å². The Labute approximate surface area is 182 Å². The monoisotopic (exact) mass is 436 g/mol. The minimum Gasteiger partial charge on any atom is -0.494 e. The van der Waals surface area contributed by atoms with Crippen LogP contribution in [0.5, 0.6) is 5.75 Å². The van der Waals surface area contributed by atoms with Crippen molar-refractivity contribution in [2.45, 2.75) is 12.6 Å². The molecule has 29 heavy (non-hydrogen) atoms. The molecule has 0 radical (unpaired) electrons. The van der Waals surface area contributed by atoms with Crippen LogP contribution in [0.25, 0.3) is 0 Å². The van der Waals surface area contributed by atoms with E-state index in [0.29, 0.717) is 30.1 Å². The van der Waals surface area contributed by atoms with Gasteiger partial charge in [0.05, 0.1) is 6.61 Å². The second-order valence-corrected chi connectivity index (χ2v) is 6.99. The van der Waals surface area contributed by atoms with Crippen molar-refractivity contribution in [3.05, 3.63) is 59.1 Å². The molecule has 0 aliphatic carbocycles. The molecule has 2 aromatic carbocycles. The van der Waals surface area contributed by atoms with Crippen molar-refractivity contribution in [3.8, 4) is 5.75 Å². The third-order valence-corrected chi connectivity index (χ3v) is 4.42. The molecule has 0 aromatic heterocycles. The molecule has 0 amide bonds. The zero-order valence-electron chi connectivity index (χ0n) is 16.4. The fourth-order valence-electron chi connectivity index (χ4n) is 2.66. The fourth-order valence-corrected chi connectivity index (χ4v) is 2.79. The number of rotatable bonds is 7. The predicted molar refractivity (Wildman–Crippen MR) is 123 cm³/mol. The quantitative estimate of drug-likeness (QED) is 0.580. The Morgan fingerprint density at radius 3 is 2.48 bits per heavy atom. The molecule has 2 aromatic rings. The first-order chi connectivity index (χ1) is 13.5. The number of nitrogens with one attached hydrogen (secondary N) is 2. The second kappa shape index (κ2) is 10.8. The highest BCUT2D eigenvalue weighted by atomic mass is 35.5. The first-order valence-electron chi connectivity index (χ1n) is 9.08. The van der Waals surface area contributed by atoms with Gasteiger partial charge in [0.25, 0.3) is 0 Å². The van der Waals surface area contributed by atoms with Gasteiger partial charge in [-0.15, -0.1) is 12.4 Å². The third-order valence-electron chi connectivity index (χ3n) is 4.17. The fraction of sp³-hybridized carbons (Fsp3) is 0.300. The summed E-state index contributed by atoms with van der Waals surface area (Å²) in [6.45, 7) is 1.17. The smallest absolute Gasteiger partial charge is 0.200 e. The predicted octanol–water partition coefficient (Wildman–Crippen LogP) is 3.16. The molecular weight excluding hydrogens is 411 g/mol. The summed E-state index contributed by atoms with van der Waals surface area (Å²) in [6, 6.07) is 15.5. The van der Waals surface area contributed by atoms with Gasteiger partial charge in [0, 0.05) is 37.8 Å². The van der Waals surface area contributed by atoms with Gasteiger partial charge in [-0.25, -0.2) is 4.99 Å². The van der Waals surface area contributed by atoms with E-state index in [1.54, 1.807) is 12.1 Å². The number of nitrogens with two attached hydrogens (primary N) is 1. The number of guanidine groups is 2. The maximum atomic E-state index is 5.92. The van der Waals surface area contributed by atoms with Crippen LogP contribution in [0, 0.1) is 0 Å². The molecule has 0 saturated heterocycles. The van der Waals surface area contributed by atoms with E-state index in [1.165, 1.54) is 0 Å². The summed E-state index contributed by atoms with van der Waals surface area (Å²) < 4.78 is 5.67. The Bertz CT molecular complexity index is 837. The first kappa shape index (κ1) is 22.6. The maximum Gasteiger partial charge on any atom is 0.200 e. The lowest BCUT2D eigenvalue weighted by Gasteiger charge is -2.24. The van der Waals surface area contributed by atoms with Crippen molar-refractivity contribution in [2.75, 3.05) is 32.1 Å². The molecular formula is C20H26Cl2N6O. The highest BCUT2D eigenvalue weighted by Gasteiger charge is 2.18. The number of halogens is 2. The normalized spacial score (nSPS) is 16.9. The molecule has 0 spiro atoms. The van der Waals surface area contributed by atoms with Gasteiger partial charge in [-0.3, -0.25) is 10.3 Å². The molecule has 3 rings (SSSR count). The van der Waals surface area contributed by atoms with Gasteiger partial charge in [-0.2, -0.15) is 0 Å². The topological polar surface area (TPSA) is 87.3 Å². The SMILES string of the molecule is CN(C)c1ccc(C2N=C(N)NC(=NCCCOc3ccc(Cl)cc3)N2)cc1.Cl. The average molecular weight is 437 g/mol. The Hall–Kier alpha value is -2.64. The van der Waals surface area contributed by atoms with E-state index in [0.717, 1.165) is 23.4 Å². The second-order valence-electron chi connectivity index (χ2n) is 6.56. The number of aliphatic imine (C=N–C) groups is 2. The van der Waals surface area contributed by atoms with Crippen molar-refractivity contribution >= 4 is 41.6 Å². The lowest BCUT2D eigenvalue weighted by Crippen LogP contribution is -2.50. The molecule has 1 atom stereocenters. The number of benzene rings is 2. The van der Waals surface area contributed by atoms with E-state index in [1.807, 2.05) is 38.4 Å². The van der Waals surface area contributed by atoms with E-state index in [4.69, 9.17) is 22.1 Å². The Morgan fingerprint density at radius 1 is 1.14 bits per heavy atom. The molecule has 0 fully saturated rings. The van der Waals surface area contributed by atoms with Gasteiger partial charge >= 0.3 is 0 Å². The van der Waals surface area contributed by atoms with Crippen molar-refractivity contribution in [1.29, 1.82) is 0 Å². The summed E-state index contributed by atoms with van der Waals surface area (Å²) in [5.41, 5.74) is 8.07. The van der Waals surface area contributed by atoms with Crippen molar-refractivity contribution in [3.63, 3.8) is 0 Å². The van der Waals surface area contributed by atoms with Crippen LogP contribution in [0.1, 0.15) is 18.2 Å². The summed E-state index contributed by atoms with van der Waals surface area (Å²) in [4.78, 5) is 11.0. The lowest BCUT2D eigenvalue weighted by molar-refractivity contribution is 0.313. The van der Waals surface area contributed by atoms with Gasteiger partial charge in [0.1, 0.15) is 5.75 Å². The largest absolute Gasteiger partial charge is 0.494 e. The van der Waals surface area contributed by atoms with E-state index in [-0.39, 0.29) is 18.6 Å². The van der Waals surface area contributed by atoms with Crippen LogP contribution in [0.4, 0.5) is 5.69 Å². The number of hydrogen-bond donors (Lipinski definition) is 3. The Balaban J connectivity index is 0.00000300. The number of anilines is 1. The minimum atomic E-state index is -0.262. The van der Waals surface area contributed by atoms with E-state index in [2.05, 4.69) is 37.7 Å². The molecule has 1 unspecified atom stereocenters. The molecule has 9 heteroatoms. The average Bonchev–Trinajstić information content (AvgIpc) is 2.69. The van der Waals surface area contributed by atoms with Crippen LogP contribution in [0.15, 0.2) is 58.5 Å². The van der Waals surface area contributed by atoms with Crippen LogP contribution in [0.3, 0.4) is 0 Å². The van der Waals surface area contributed by atoms with Crippen LogP contribution < -0.4 is 26.0 Å². The zero-order valence-corrected chi connectivity index (χ0v) is 18.0. The van der Waals surface area contributed by atoms with E-state index >= 15 is 0 Å². The molecule has 0 saturated carbocycles. The van der Waals surface area contributed by atoms with Crippen LogP contribution in [-0.4, -0.2) is 39.2 Å². The number of ether oxygens (including phenoxy) is 1. The molecule has 156 valence electrons. The molecule has 7 nitrogen and oxygen atoms in total. The lowest BCUT2D eigenvalue weighted by atomic mass is 10.1. The van der Waals surface area contributed by atoms with E-state index in [9.17, 15) is 0 Å². The summed E-state index contributed by atoms with van der Waals surface area (Å²) in [5, 5.41) is 6.92.